The summed E-state index contributed by atoms with van der Waals surface area (Å²) in [4.78, 5) is 16.9. The Balaban J connectivity index is 2.00. The van der Waals surface area contributed by atoms with Crippen molar-refractivity contribution >= 4 is 17.3 Å². The van der Waals surface area contributed by atoms with E-state index >= 15 is 0 Å². The molecule has 2 aromatic rings. The molecule has 22 heavy (non-hydrogen) atoms. The predicted octanol–water partition coefficient (Wildman–Crippen LogP) is 3.62. The van der Waals surface area contributed by atoms with E-state index in [2.05, 4.69) is 16.8 Å². The van der Waals surface area contributed by atoms with Crippen molar-refractivity contribution < 1.29 is 9.53 Å². The highest BCUT2D eigenvalue weighted by Crippen LogP contribution is 2.15. The third-order valence-electron chi connectivity index (χ3n) is 2.71. The van der Waals surface area contributed by atoms with Crippen LogP contribution in [0, 0.1) is 11.8 Å². The van der Waals surface area contributed by atoms with Gasteiger partial charge in [-0.25, -0.2) is 4.98 Å². The van der Waals surface area contributed by atoms with Gasteiger partial charge in [-0.15, -0.1) is 11.3 Å². The van der Waals surface area contributed by atoms with Crippen molar-refractivity contribution in [2.45, 2.75) is 39.2 Å². The van der Waals surface area contributed by atoms with Crippen LogP contribution in [-0.2, 0) is 22.4 Å². The second-order valence-electron chi connectivity index (χ2n) is 5.86. The summed E-state index contributed by atoms with van der Waals surface area (Å²) in [5.74, 6) is 5.97. The SMILES string of the molecule is CC(C)(C)OC(=O)Cc1ncsc1C#CCc1ccccc1. The first-order valence-corrected chi connectivity index (χ1v) is 7.99. The molecule has 0 aliphatic rings. The monoisotopic (exact) mass is 313 g/mol. The summed E-state index contributed by atoms with van der Waals surface area (Å²) in [7, 11) is 0. The van der Waals surface area contributed by atoms with E-state index in [-0.39, 0.29) is 12.4 Å². The van der Waals surface area contributed by atoms with Gasteiger partial charge in [0.15, 0.2) is 0 Å². The average molecular weight is 313 g/mol. The van der Waals surface area contributed by atoms with Gasteiger partial charge in [-0.05, 0) is 26.3 Å². The number of carbonyl (C=O) groups is 1. The molecule has 1 aromatic carbocycles. The molecule has 0 amide bonds. The number of esters is 1. The molecule has 0 aliphatic carbocycles. The third kappa shape index (κ3) is 5.34. The zero-order chi connectivity index (χ0) is 16.0. The molecule has 1 heterocycles. The van der Waals surface area contributed by atoms with Crippen LogP contribution in [0.4, 0.5) is 0 Å². The third-order valence-corrected chi connectivity index (χ3v) is 3.49. The average Bonchev–Trinajstić information content (AvgIpc) is 2.85. The highest BCUT2D eigenvalue weighted by Gasteiger charge is 2.18. The van der Waals surface area contributed by atoms with Crippen LogP contribution in [0.2, 0.25) is 0 Å². The zero-order valence-electron chi connectivity index (χ0n) is 13.1. The lowest BCUT2D eigenvalue weighted by Gasteiger charge is -2.19. The number of rotatable bonds is 3. The van der Waals surface area contributed by atoms with Gasteiger partial charge in [0.2, 0.25) is 0 Å². The van der Waals surface area contributed by atoms with Gasteiger partial charge in [0, 0.05) is 6.42 Å². The molecule has 114 valence electrons. The molecule has 0 spiro atoms. The molecule has 0 saturated heterocycles. The first-order valence-electron chi connectivity index (χ1n) is 7.11. The number of hydrogen-bond donors (Lipinski definition) is 0. The normalized spacial score (nSPS) is 10.7. The zero-order valence-corrected chi connectivity index (χ0v) is 13.9. The number of nitrogens with zero attached hydrogens (tertiary/aromatic N) is 1. The maximum Gasteiger partial charge on any atom is 0.312 e. The molecule has 0 N–H and O–H groups in total. The molecular formula is C18H19NO2S. The van der Waals surface area contributed by atoms with Crippen LogP contribution < -0.4 is 0 Å². The lowest BCUT2D eigenvalue weighted by atomic mass is 10.1. The lowest BCUT2D eigenvalue weighted by Crippen LogP contribution is -2.25. The number of carbonyl (C=O) groups excluding carboxylic acids is 1. The maximum atomic E-state index is 11.9. The van der Waals surface area contributed by atoms with Crippen LogP contribution in [0.1, 0.15) is 36.9 Å². The Kier molecular flexibility index (Phi) is 5.35. The largest absolute Gasteiger partial charge is 0.460 e. The van der Waals surface area contributed by atoms with E-state index in [0.717, 1.165) is 4.88 Å². The minimum absolute atomic E-state index is 0.163. The summed E-state index contributed by atoms with van der Waals surface area (Å²) in [6, 6.07) is 10.1. The van der Waals surface area contributed by atoms with Crippen LogP contribution in [0.15, 0.2) is 35.8 Å². The van der Waals surface area contributed by atoms with E-state index in [1.807, 2.05) is 51.1 Å². The van der Waals surface area contributed by atoms with Gasteiger partial charge >= 0.3 is 5.97 Å². The quantitative estimate of drug-likeness (QED) is 0.642. The fourth-order valence-corrected chi connectivity index (χ4v) is 2.51. The van der Waals surface area contributed by atoms with E-state index in [1.54, 1.807) is 5.51 Å². The number of aromatic nitrogens is 1. The number of hydrogen-bond acceptors (Lipinski definition) is 4. The van der Waals surface area contributed by atoms with E-state index in [9.17, 15) is 4.79 Å². The van der Waals surface area contributed by atoms with Crippen LogP contribution in [0.25, 0.3) is 0 Å². The molecule has 2 rings (SSSR count). The van der Waals surface area contributed by atoms with E-state index in [0.29, 0.717) is 12.1 Å². The topological polar surface area (TPSA) is 39.2 Å². The van der Waals surface area contributed by atoms with E-state index in [1.165, 1.54) is 16.9 Å². The first kappa shape index (κ1) is 16.3. The Morgan fingerprint density at radius 2 is 2.00 bits per heavy atom. The molecule has 0 bridgehead atoms. The highest BCUT2D eigenvalue weighted by atomic mass is 32.1. The highest BCUT2D eigenvalue weighted by molar-refractivity contribution is 7.10. The standard InChI is InChI=1S/C18H19NO2S/c1-18(2,3)21-17(20)12-15-16(22-13-19-15)11-7-10-14-8-5-4-6-9-14/h4-6,8-9,13H,10,12H2,1-3H3. The summed E-state index contributed by atoms with van der Waals surface area (Å²) in [5.41, 5.74) is 3.10. The van der Waals surface area contributed by atoms with Crippen molar-refractivity contribution in [1.82, 2.24) is 4.98 Å². The van der Waals surface area contributed by atoms with Crippen molar-refractivity contribution in [3.8, 4) is 11.8 Å². The minimum Gasteiger partial charge on any atom is -0.460 e. The van der Waals surface area contributed by atoms with Gasteiger partial charge in [0.25, 0.3) is 0 Å². The van der Waals surface area contributed by atoms with Gasteiger partial charge in [0.05, 0.1) is 17.6 Å². The first-order chi connectivity index (χ1) is 10.4. The van der Waals surface area contributed by atoms with Crippen molar-refractivity contribution in [2.75, 3.05) is 0 Å². The number of thiazole rings is 1. The van der Waals surface area contributed by atoms with Gasteiger partial charge in [-0.2, -0.15) is 0 Å². The molecule has 0 fully saturated rings. The number of benzene rings is 1. The van der Waals surface area contributed by atoms with Crippen LogP contribution in [-0.4, -0.2) is 16.6 Å². The Morgan fingerprint density at radius 3 is 2.68 bits per heavy atom. The fourth-order valence-electron chi connectivity index (χ4n) is 1.83. The van der Waals surface area contributed by atoms with Crippen molar-refractivity contribution in [3.05, 3.63) is 52.0 Å². The Hall–Kier alpha value is -2.12. The van der Waals surface area contributed by atoms with Crippen LogP contribution >= 0.6 is 11.3 Å². The van der Waals surface area contributed by atoms with E-state index < -0.39 is 5.60 Å². The second kappa shape index (κ2) is 7.24. The molecule has 1 aromatic heterocycles. The van der Waals surface area contributed by atoms with Gasteiger partial charge < -0.3 is 4.74 Å². The van der Waals surface area contributed by atoms with Crippen molar-refractivity contribution in [3.63, 3.8) is 0 Å². The molecule has 3 nitrogen and oxygen atoms in total. The molecule has 0 unspecified atom stereocenters. The molecule has 0 aliphatic heterocycles. The van der Waals surface area contributed by atoms with Crippen molar-refractivity contribution in [2.24, 2.45) is 0 Å². The van der Waals surface area contributed by atoms with E-state index in [4.69, 9.17) is 4.74 Å². The summed E-state index contributed by atoms with van der Waals surface area (Å²) in [6.07, 6.45) is 0.848. The van der Waals surface area contributed by atoms with Gasteiger partial charge in [0.1, 0.15) is 10.5 Å². The Bertz CT molecular complexity index is 687. The molecule has 4 heteroatoms. The predicted molar refractivity (Wildman–Crippen MR) is 88.7 cm³/mol. The fraction of sp³-hybridized carbons (Fsp3) is 0.333. The Labute approximate surface area is 135 Å². The molecule has 0 atom stereocenters. The molecule has 0 saturated carbocycles. The summed E-state index contributed by atoms with van der Waals surface area (Å²) >= 11 is 1.45. The summed E-state index contributed by atoms with van der Waals surface area (Å²) in [6.45, 7) is 5.56. The van der Waals surface area contributed by atoms with Crippen LogP contribution in [0.3, 0.4) is 0 Å². The summed E-state index contributed by atoms with van der Waals surface area (Å²) < 4.78 is 5.32. The van der Waals surface area contributed by atoms with Gasteiger partial charge in [-0.1, -0.05) is 42.2 Å². The molecular weight excluding hydrogens is 294 g/mol. The number of ether oxygens (including phenoxy) is 1. The van der Waals surface area contributed by atoms with Crippen LogP contribution in [0.5, 0.6) is 0 Å². The maximum absolute atomic E-state index is 11.9. The Morgan fingerprint density at radius 1 is 1.27 bits per heavy atom. The second-order valence-corrected chi connectivity index (χ2v) is 6.71. The smallest absolute Gasteiger partial charge is 0.312 e. The molecule has 0 radical (unpaired) electrons. The minimum atomic E-state index is -0.480. The summed E-state index contributed by atoms with van der Waals surface area (Å²) in [5, 5.41) is 0. The van der Waals surface area contributed by atoms with Gasteiger partial charge in [-0.3, -0.25) is 4.79 Å². The van der Waals surface area contributed by atoms with Crippen molar-refractivity contribution in [1.29, 1.82) is 0 Å². The lowest BCUT2D eigenvalue weighted by molar-refractivity contribution is -0.153.